The Balaban J connectivity index is 1.55. The minimum atomic E-state index is -0.734. The summed E-state index contributed by atoms with van der Waals surface area (Å²) >= 11 is 0. The number of amides is 1. The Morgan fingerprint density at radius 3 is 2.81 bits per heavy atom. The molecule has 2 aliphatic rings. The Morgan fingerprint density at radius 1 is 1.15 bits per heavy atom. The third-order valence-electron chi connectivity index (χ3n) is 5.52. The highest BCUT2D eigenvalue weighted by molar-refractivity contribution is 6.00. The molecule has 27 heavy (non-hydrogen) atoms. The molecule has 2 fully saturated rings. The summed E-state index contributed by atoms with van der Waals surface area (Å²) in [4.78, 5) is 22.1. The lowest BCUT2D eigenvalue weighted by Gasteiger charge is -2.42. The van der Waals surface area contributed by atoms with Crippen LogP contribution in [-0.2, 0) is 16.1 Å². The molecule has 0 N–H and O–H groups in total. The number of hydrogen-bond acceptors (Lipinski definition) is 4. The number of carbonyl (C=O) groups excluding carboxylic acids is 1. The number of para-hydroxylation sites is 1. The second-order valence-electron chi connectivity index (χ2n) is 7.67. The zero-order valence-corrected chi connectivity index (χ0v) is 15.9. The number of morpholine rings is 1. The van der Waals surface area contributed by atoms with Crippen LogP contribution in [0, 0.1) is 6.92 Å². The van der Waals surface area contributed by atoms with Crippen molar-refractivity contribution in [3.63, 3.8) is 0 Å². The molecule has 1 aromatic heterocycles. The number of carbonyl (C=O) groups is 1. The topological polar surface area (TPSA) is 45.7 Å². The second-order valence-corrected chi connectivity index (χ2v) is 7.67. The predicted octanol–water partition coefficient (Wildman–Crippen LogP) is 3.18. The Labute approximate surface area is 161 Å². The highest BCUT2D eigenvalue weighted by Gasteiger charge is 2.47. The van der Waals surface area contributed by atoms with E-state index >= 15 is 0 Å². The van der Waals surface area contributed by atoms with Gasteiger partial charge in [-0.05, 0) is 49.4 Å². The van der Waals surface area contributed by atoms with Gasteiger partial charge in [0.05, 0.1) is 6.61 Å². The number of pyridine rings is 1. The van der Waals surface area contributed by atoms with E-state index in [1.165, 1.54) is 5.56 Å². The van der Waals surface area contributed by atoms with E-state index in [0.29, 0.717) is 13.2 Å². The molecule has 0 radical (unpaired) electrons. The first-order valence-corrected chi connectivity index (χ1v) is 9.80. The fourth-order valence-corrected chi connectivity index (χ4v) is 4.22. The molecule has 4 rings (SSSR count). The third-order valence-corrected chi connectivity index (χ3v) is 5.52. The normalized spacial score (nSPS) is 24.2. The molecule has 2 aromatic rings. The van der Waals surface area contributed by atoms with Crippen molar-refractivity contribution in [3.8, 4) is 0 Å². The molecule has 5 heteroatoms. The van der Waals surface area contributed by atoms with Crippen LogP contribution in [0.2, 0.25) is 0 Å². The van der Waals surface area contributed by atoms with Gasteiger partial charge >= 0.3 is 0 Å². The lowest BCUT2D eigenvalue weighted by Crippen LogP contribution is -2.59. The van der Waals surface area contributed by atoms with Gasteiger partial charge in [0.15, 0.2) is 5.60 Å². The molecule has 2 saturated heterocycles. The van der Waals surface area contributed by atoms with Crippen molar-refractivity contribution >= 4 is 11.6 Å². The van der Waals surface area contributed by atoms with Crippen LogP contribution in [0.5, 0.6) is 0 Å². The molecule has 0 saturated carbocycles. The van der Waals surface area contributed by atoms with Crippen molar-refractivity contribution in [2.45, 2.75) is 38.3 Å². The number of aromatic nitrogens is 1. The average Bonchev–Trinajstić information content (AvgIpc) is 2.83. The molecular formula is C22H27N3O2. The number of nitrogens with zero attached hydrogens (tertiary/aromatic N) is 3. The number of ether oxygens (including phenoxy) is 1. The highest BCUT2D eigenvalue weighted by Crippen LogP contribution is 2.32. The van der Waals surface area contributed by atoms with Crippen molar-refractivity contribution in [2.24, 2.45) is 0 Å². The van der Waals surface area contributed by atoms with Crippen molar-refractivity contribution < 1.29 is 9.53 Å². The molecule has 1 aromatic carbocycles. The van der Waals surface area contributed by atoms with Crippen LogP contribution in [0.1, 0.15) is 30.4 Å². The van der Waals surface area contributed by atoms with E-state index in [1.807, 2.05) is 47.6 Å². The third kappa shape index (κ3) is 3.89. The summed E-state index contributed by atoms with van der Waals surface area (Å²) < 4.78 is 6.19. The van der Waals surface area contributed by atoms with Crippen molar-refractivity contribution in [1.29, 1.82) is 0 Å². The summed E-state index contributed by atoms with van der Waals surface area (Å²) in [6.45, 7) is 5.70. The summed E-state index contributed by atoms with van der Waals surface area (Å²) in [5, 5.41) is 0. The fraction of sp³-hybridized carbons (Fsp3) is 0.455. The Bertz CT molecular complexity index is 795. The molecule has 0 bridgehead atoms. The van der Waals surface area contributed by atoms with E-state index in [9.17, 15) is 4.79 Å². The number of benzene rings is 1. The highest BCUT2D eigenvalue weighted by atomic mass is 16.5. The Kier molecular flexibility index (Phi) is 5.23. The molecule has 1 spiro atoms. The molecule has 1 atom stereocenters. The minimum absolute atomic E-state index is 0.110. The van der Waals surface area contributed by atoms with Crippen LogP contribution in [0.3, 0.4) is 0 Å². The Morgan fingerprint density at radius 2 is 2.00 bits per heavy atom. The maximum Gasteiger partial charge on any atom is 0.260 e. The first kappa shape index (κ1) is 18.1. The number of hydrogen-bond donors (Lipinski definition) is 0. The maximum atomic E-state index is 13.5. The maximum absolute atomic E-state index is 13.5. The van der Waals surface area contributed by atoms with Gasteiger partial charge in [0.1, 0.15) is 0 Å². The van der Waals surface area contributed by atoms with E-state index in [4.69, 9.17) is 4.74 Å². The van der Waals surface area contributed by atoms with Crippen molar-refractivity contribution in [3.05, 3.63) is 59.9 Å². The van der Waals surface area contributed by atoms with E-state index in [-0.39, 0.29) is 5.91 Å². The number of anilines is 1. The van der Waals surface area contributed by atoms with Gasteiger partial charge in [-0.1, -0.05) is 24.3 Å². The van der Waals surface area contributed by atoms with Gasteiger partial charge in [-0.2, -0.15) is 0 Å². The van der Waals surface area contributed by atoms with Gasteiger partial charge in [-0.3, -0.25) is 14.7 Å². The van der Waals surface area contributed by atoms with Crippen LogP contribution in [0.25, 0.3) is 0 Å². The monoisotopic (exact) mass is 365 g/mol. The van der Waals surface area contributed by atoms with E-state index in [0.717, 1.165) is 50.1 Å². The van der Waals surface area contributed by atoms with E-state index < -0.39 is 5.60 Å². The van der Waals surface area contributed by atoms with Gasteiger partial charge in [-0.15, -0.1) is 0 Å². The summed E-state index contributed by atoms with van der Waals surface area (Å²) in [6.07, 6.45) is 6.59. The second kappa shape index (κ2) is 7.79. The lowest BCUT2D eigenvalue weighted by molar-refractivity contribution is -0.158. The van der Waals surface area contributed by atoms with Crippen LogP contribution >= 0.6 is 0 Å². The lowest BCUT2D eigenvalue weighted by atomic mass is 9.93. The zero-order chi connectivity index (χ0) is 18.7. The number of rotatable bonds is 3. The van der Waals surface area contributed by atoms with Crippen molar-refractivity contribution in [1.82, 2.24) is 9.88 Å². The minimum Gasteiger partial charge on any atom is -0.362 e. The van der Waals surface area contributed by atoms with E-state index in [2.05, 4.69) is 22.9 Å². The van der Waals surface area contributed by atoms with Crippen molar-refractivity contribution in [2.75, 3.05) is 31.1 Å². The van der Waals surface area contributed by atoms with Gasteiger partial charge in [-0.25, -0.2) is 0 Å². The van der Waals surface area contributed by atoms with E-state index in [1.54, 1.807) is 0 Å². The average molecular weight is 365 g/mol. The molecule has 3 heterocycles. The summed E-state index contributed by atoms with van der Waals surface area (Å²) in [5.74, 6) is 0.110. The van der Waals surface area contributed by atoms with Crippen LogP contribution in [-0.4, -0.2) is 47.6 Å². The van der Waals surface area contributed by atoms with Gasteiger partial charge in [0.2, 0.25) is 0 Å². The summed E-state index contributed by atoms with van der Waals surface area (Å²) in [5.41, 5.74) is 2.58. The molecule has 5 nitrogen and oxygen atoms in total. The summed E-state index contributed by atoms with van der Waals surface area (Å²) in [6, 6.07) is 12.1. The van der Waals surface area contributed by atoms with Gasteiger partial charge in [0.25, 0.3) is 5.91 Å². The largest absolute Gasteiger partial charge is 0.362 e. The molecule has 0 aliphatic carbocycles. The molecule has 1 unspecified atom stereocenters. The van der Waals surface area contributed by atoms with Crippen LogP contribution in [0.15, 0.2) is 48.8 Å². The first-order valence-electron chi connectivity index (χ1n) is 9.80. The SMILES string of the molecule is Cc1cncc(CN2CCOC3(CCCCN(c4ccccc4)C3=O)C2)c1. The zero-order valence-electron chi connectivity index (χ0n) is 15.9. The molecular weight excluding hydrogens is 338 g/mol. The smallest absolute Gasteiger partial charge is 0.260 e. The van der Waals surface area contributed by atoms with Gasteiger partial charge < -0.3 is 9.64 Å². The molecule has 142 valence electrons. The Hall–Kier alpha value is -2.24. The first-order chi connectivity index (χ1) is 13.2. The van der Waals surface area contributed by atoms with Crippen LogP contribution in [0.4, 0.5) is 5.69 Å². The number of aryl methyl sites for hydroxylation is 1. The summed E-state index contributed by atoms with van der Waals surface area (Å²) in [7, 11) is 0. The predicted molar refractivity (Wildman–Crippen MR) is 106 cm³/mol. The standard InChI is InChI=1S/C22H27N3O2/c1-18-13-19(15-23-14-18)16-24-11-12-27-22(17-24)9-5-6-10-25(21(22)26)20-7-3-2-4-8-20/h2-4,7-8,13-15H,5-6,9-12,16-17H2,1H3. The molecule has 1 amide bonds. The quantitative estimate of drug-likeness (QED) is 0.838. The fourth-order valence-electron chi connectivity index (χ4n) is 4.22. The molecule has 2 aliphatic heterocycles. The van der Waals surface area contributed by atoms with Crippen LogP contribution < -0.4 is 4.90 Å². The van der Waals surface area contributed by atoms with Gasteiger partial charge in [0, 0.05) is 44.3 Å².